The highest BCUT2D eigenvalue weighted by molar-refractivity contribution is 5.91. The van der Waals surface area contributed by atoms with E-state index in [-0.39, 0.29) is 11.8 Å². The number of piperidine rings is 1. The molecule has 5 heteroatoms. The minimum Gasteiger partial charge on any atom is -0.508 e. The summed E-state index contributed by atoms with van der Waals surface area (Å²) < 4.78 is 0. The fraction of sp³-hybridized carbons (Fsp3) is 0.533. The Kier molecular flexibility index (Phi) is 3.53. The Bertz CT molecular complexity index is 518. The van der Waals surface area contributed by atoms with Crippen molar-refractivity contribution in [3.05, 3.63) is 23.8 Å². The van der Waals surface area contributed by atoms with Crippen molar-refractivity contribution < 1.29 is 9.90 Å². The van der Waals surface area contributed by atoms with Crippen LogP contribution in [0.3, 0.4) is 0 Å². The van der Waals surface area contributed by atoms with E-state index in [0.29, 0.717) is 18.5 Å². The number of nitrogens with zero attached hydrogens (tertiary/aromatic N) is 1. The topological polar surface area (TPSA) is 64.6 Å². The number of phenolic OH excluding ortho intramolecular Hbond substituents is 1. The maximum Gasteiger partial charge on any atom is 0.322 e. The molecule has 3 rings (SSSR count). The van der Waals surface area contributed by atoms with Gasteiger partial charge in [-0.05, 0) is 55.6 Å². The molecule has 1 aromatic rings. The van der Waals surface area contributed by atoms with E-state index in [1.165, 1.54) is 0 Å². The Morgan fingerprint density at radius 1 is 1.40 bits per heavy atom. The highest BCUT2D eigenvalue weighted by Crippen LogP contribution is 2.27. The van der Waals surface area contributed by atoms with Gasteiger partial charge in [0, 0.05) is 18.3 Å². The van der Waals surface area contributed by atoms with Gasteiger partial charge in [-0.1, -0.05) is 6.92 Å². The number of benzene rings is 1. The highest BCUT2D eigenvalue weighted by Gasteiger charge is 2.32. The van der Waals surface area contributed by atoms with Gasteiger partial charge in [-0.25, -0.2) is 4.79 Å². The van der Waals surface area contributed by atoms with E-state index in [9.17, 15) is 9.90 Å². The molecule has 108 valence electrons. The Balaban J connectivity index is 1.81. The van der Waals surface area contributed by atoms with Crippen LogP contribution in [0.1, 0.15) is 18.9 Å². The van der Waals surface area contributed by atoms with Crippen molar-refractivity contribution in [2.45, 2.75) is 25.8 Å². The lowest BCUT2D eigenvalue weighted by Gasteiger charge is -2.38. The molecule has 2 aliphatic rings. The monoisotopic (exact) mass is 275 g/mol. The highest BCUT2D eigenvalue weighted by atomic mass is 16.3. The Morgan fingerprint density at radius 2 is 2.25 bits per heavy atom. The Morgan fingerprint density at radius 3 is 3.05 bits per heavy atom. The van der Waals surface area contributed by atoms with Gasteiger partial charge in [-0.15, -0.1) is 0 Å². The van der Waals surface area contributed by atoms with Crippen LogP contribution < -0.4 is 10.6 Å². The van der Waals surface area contributed by atoms with Crippen LogP contribution in [-0.2, 0) is 6.42 Å². The number of hydrogen-bond donors (Lipinski definition) is 3. The Labute approximate surface area is 119 Å². The molecule has 1 saturated heterocycles. The molecule has 0 saturated carbocycles. The molecule has 0 spiro atoms. The molecule has 2 unspecified atom stereocenters. The molecular weight excluding hydrogens is 254 g/mol. The Hall–Kier alpha value is -1.75. The lowest BCUT2D eigenvalue weighted by Crippen LogP contribution is -2.52. The van der Waals surface area contributed by atoms with Crippen LogP contribution in [0.5, 0.6) is 5.75 Å². The molecule has 1 fully saturated rings. The zero-order chi connectivity index (χ0) is 14.1. The van der Waals surface area contributed by atoms with Crippen LogP contribution in [0.4, 0.5) is 10.5 Å². The molecule has 2 aliphatic heterocycles. The molecule has 2 atom stereocenters. The number of anilines is 1. The van der Waals surface area contributed by atoms with Gasteiger partial charge in [0.15, 0.2) is 0 Å². The number of aromatic hydroxyl groups is 1. The third kappa shape index (κ3) is 2.45. The zero-order valence-corrected chi connectivity index (χ0v) is 11.7. The lowest BCUT2D eigenvalue weighted by molar-refractivity contribution is 0.144. The normalized spacial score (nSPS) is 26.6. The number of carbonyl (C=O) groups is 1. The van der Waals surface area contributed by atoms with E-state index >= 15 is 0 Å². The van der Waals surface area contributed by atoms with Gasteiger partial charge in [-0.3, -0.25) is 0 Å². The van der Waals surface area contributed by atoms with Gasteiger partial charge >= 0.3 is 6.03 Å². The molecule has 2 amide bonds. The fourth-order valence-electron chi connectivity index (χ4n) is 3.22. The fourth-order valence-corrected chi connectivity index (χ4v) is 3.22. The van der Waals surface area contributed by atoms with Crippen molar-refractivity contribution in [2.24, 2.45) is 5.92 Å². The van der Waals surface area contributed by atoms with E-state index in [1.807, 2.05) is 4.90 Å². The average Bonchev–Trinajstić information content (AvgIpc) is 2.58. The number of carbonyl (C=O) groups excluding carboxylic acids is 1. The quantitative estimate of drug-likeness (QED) is 0.685. The number of fused-ring (bicyclic) bond motifs is 1. The van der Waals surface area contributed by atoms with Crippen molar-refractivity contribution in [1.82, 2.24) is 10.2 Å². The molecule has 0 aromatic heterocycles. The van der Waals surface area contributed by atoms with Crippen molar-refractivity contribution in [3.63, 3.8) is 0 Å². The number of hydrogen-bond acceptors (Lipinski definition) is 3. The van der Waals surface area contributed by atoms with Crippen LogP contribution in [0.25, 0.3) is 0 Å². The predicted octanol–water partition coefficient (Wildman–Crippen LogP) is 1.78. The summed E-state index contributed by atoms with van der Waals surface area (Å²) in [5.41, 5.74) is 1.82. The summed E-state index contributed by atoms with van der Waals surface area (Å²) in [6, 6.07) is 5.40. The van der Waals surface area contributed by atoms with Crippen LogP contribution >= 0.6 is 0 Å². The second-order valence-corrected chi connectivity index (χ2v) is 5.75. The number of rotatable bonds is 1. The van der Waals surface area contributed by atoms with Crippen LogP contribution in [0.2, 0.25) is 0 Å². The van der Waals surface area contributed by atoms with Gasteiger partial charge in [-0.2, -0.15) is 0 Å². The van der Waals surface area contributed by atoms with Crippen LogP contribution in [0, 0.1) is 5.92 Å². The SMILES string of the molecule is CC1CNCCC1N1CCc2cc(O)ccc2NC1=O. The summed E-state index contributed by atoms with van der Waals surface area (Å²) >= 11 is 0. The van der Waals surface area contributed by atoms with Crippen LogP contribution in [0.15, 0.2) is 18.2 Å². The number of urea groups is 1. The first kappa shape index (κ1) is 13.2. The van der Waals surface area contributed by atoms with E-state index in [2.05, 4.69) is 17.6 Å². The van der Waals surface area contributed by atoms with Crippen molar-refractivity contribution in [1.29, 1.82) is 0 Å². The average molecular weight is 275 g/mol. The number of nitrogens with one attached hydrogen (secondary N) is 2. The minimum atomic E-state index is -0.0202. The van der Waals surface area contributed by atoms with E-state index in [4.69, 9.17) is 0 Å². The van der Waals surface area contributed by atoms with Crippen LogP contribution in [-0.4, -0.2) is 41.7 Å². The summed E-state index contributed by atoms with van der Waals surface area (Å²) in [5, 5.41) is 15.9. The minimum absolute atomic E-state index is 0.0202. The number of amides is 2. The second kappa shape index (κ2) is 5.32. The molecule has 1 aromatic carbocycles. The zero-order valence-electron chi connectivity index (χ0n) is 11.7. The maximum atomic E-state index is 12.4. The van der Waals surface area contributed by atoms with E-state index < -0.39 is 0 Å². The van der Waals surface area contributed by atoms with E-state index in [0.717, 1.165) is 37.2 Å². The van der Waals surface area contributed by atoms with Gasteiger partial charge < -0.3 is 20.6 Å². The molecule has 20 heavy (non-hydrogen) atoms. The van der Waals surface area contributed by atoms with Gasteiger partial charge in [0.05, 0.1) is 0 Å². The standard InChI is InChI=1S/C15H21N3O2/c1-10-9-16-6-4-14(10)18-7-5-11-8-12(19)2-3-13(11)17-15(18)20/h2-3,8,10,14,16,19H,4-7,9H2,1H3,(H,17,20). The first-order valence-corrected chi connectivity index (χ1v) is 7.25. The third-order valence-electron chi connectivity index (χ3n) is 4.35. The van der Waals surface area contributed by atoms with E-state index in [1.54, 1.807) is 18.2 Å². The van der Waals surface area contributed by atoms with Gasteiger partial charge in [0.25, 0.3) is 0 Å². The lowest BCUT2D eigenvalue weighted by atomic mass is 9.93. The number of phenols is 1. The summed E-state index contributed by atoms with van der Waals surface area (Å²) in [4.78, 5) is 14.4. The molecule has 5 nitrogen and oxygen atoms in total. The first-order chi connectivity index (χ1) is 9.65. The molecule has 3 N–H and O–H groups in total. The van der Waals surface area contributed by atoms with Crippen molar-refractivity contribution >= 4 is 11.7 Å². The summed E-state index contributed by atoms with van der Waals surface area (Å²) in [6.45, 7) is 4.82. The summed E-state index contributed by atoms with van der Waals surface area (Å²) in [6.07, 6.45) is 1.77. The summed E-state index contributed by atoms with van der Waals surface area (Å²) in [5.74, 6) is 0.714. The maximum absolute atomic E-state index is 12.4. The molecule has 0 bridgehead atoms. The van der Waals surface area contributed by atoms with Crippen molar-refractivity contribution in [3.8, 4) is 5.75 Å². The van der Waals surface area contributed by atoms with Crippen molar-refractivity contribution in [2.75, 3.05) is 25.0 Å². The predicted molar refractivity (Wildman–Crippen MR) is 78.0 cm³/mol. The largest absolute Gasteiger partial charge is 0.508 e. The van der Waals surface area contributed by atoms with Gasteiger partial charge in [0.1, 0.15) is 5.75 Å². The molecular formula is C15H21N3O2. The third-order valence-corrected chi connectivity index (χ3v) is 4.35. The molecule has 2 heterocycles. The molecule has 0 aliphatic carbocycles. The van der Waals surface area contributed by atoms with Gasteiger partial charge in [0.2, 0.25) is 0 Å². The second-order valence-electron chi connectivity index (χ2n) is 5.75. The summed E-state index contributed by atoms with van der Waals surface area (Å²) in [7, 11) is 0. The first-order valence-electron chi connectivity index (χ1n) is 7.25. The smallest absolute Gasteiger partial charge is 0.322 e. The molecule has 0 radical (unpaired) electrons.